The molecule has 4 aromatic heterocycles. The van der Waals surface area contributed by atoms with E-state index in [2.05, 4.69) is 51.0 Å². The molecule has 406 valence electrons. The molecular formula is C44H78N15O12P. The number of hydrogen-bond donors (Lipinski definition) is 1. The monoisotopic (exact) mass is 1040 g/mol. The predicted molar refractivity (Wildman–Crippen MR) is 258 cm³/mol. The molecule has 0 bridgehead atoms. The molecule has 1 aliphatic rings. The minimum atomic E-state index is -3.70. The lowest BCUT2D eigenvalue weighted by molar-refractivity contribution is -0.139. The number of piperidine rings is 1. The Morgan fingerprint density at radius 2 is 0.972 bits per heavy atom. The molecule has 0 saturated carbocycles. The highest BCUT2D eigenvalue weighted by Gasteiger charge is 2.34. The van der Waals surface area contributed by atoms with E-state index < -0.39 is 19.7 Å². The first-order chi connectivity index (χ1) is 35.0. The van der Waals surface area contributed by atoms with Gasteiger partial charge in [-0.3, -0.25) is 19.2 Å². The molecule has 27 nitrogen and oxygen atoms in total. The van der Waals surface area contributed by atoms with E-state index >= 15 is 0 Å². The summed E-state index contributed by atoms with van der Waals surface area (Å²) in [5.74, 6) is -0.0579. The third-order valence-corrected chi connectivity index (χ3v) is 12.1. The number of amides is 1. The van der Waals surface area contributed by atoms with Gasteiger partial charge in [0.1, 0.15) is 0 Å². The van der Waals surface area contributed by atoms with Crippen LogP contribution in [0.15, 0.2) is 24.8 Å². The van der Waals surface area contributed by atoms with E-state index in [4.69, 9.17) is 42.4 Å². The van der Waals surface area contributed by atoms with Crippen LogP contribution in [0.4, 0.5) is 0 Å². The van der Waals surface area contributed by atoms with E-state index in [1.54, 1.807) is 47.2 Å². The normalized spacial score (nSPS) is 14.8. The smallest absolute Gasteiger partial charge is 0.325 e. The first-order valence-electron chi connectivity index (χ1n) is 24.6. The molecule has 72 heavy (non-hydrogen) atoms. The number of ether oxygens (including phenoxy) is 8. The van der Waals surface area contributed by atoms with Gasteiger partial charge in [0.25, 0.3) is 0 Å². The minimum Gasteiger partial charge on any atom is -0.382 e. The fourth-order valence-electron chi connectivity index (χ4n) is 7.86. The van der Waals surface area contributed by atoms with Crippen LogP contribution < -0.4 is 0 Å². The summed E-state index contributed by atoms with van der Waals surface area (Å²) in [5, 5.41) is 35.4. The predicted octanol–water partition coefficient (Wildman–Crippen LogP) is 0.771. The molecule has 0 spiro atoms. The quantitative estimate of drug-likeness (QED) is 0.0475. The van der Waals surface area contributed by atoms with Crippen molar-refractivity contribution in [3.05, 3.63) is 47.6 Å². The Kier molecular flexibility index (Phi) is 27.4. The Bertz CT molecular complexity index is 1990. The van der Waals surface area contributed by atoms with E-state index in [9.17, 15) is 14.3 Å². The zero-order chi connectivity index (χ0) is 51.2. The maximum Gasteiger partial charge on any atom is 0.325 e. The van der Waals surface area contributed by atoms with Gasteiger partial charge in [0.05, 0.1) is 140 Å². The second-order valence-corrected chi connectivity index (χ2v) is 19.2. The van der Waals surface area contributed by atoms with Crippen molar-refractivity contribution in [1.82, 2.24) is 74.7 Å². The van der Waals surface area contributed by atoms with Crippen molar-refractivity contribution in [1.29, 1.82) is 0 Å². The molecule has 1 aliphatic heterocycles. The maximum absolute atomic E-state index is 15.0. The van der Waals surface area contributed by atoms with Gasteiger partial charge < -0.3 is 52.2 Å². The Hall–Kier alpha value is -4.22. The molecule has 1 amide bonds. The third kappa shape index (κ3) is 22.9. The standard InChI is InChI=1S/C44H78N15O12P/c1-63-22-26-67-18-14-56-34-38(45-49-56)30-53(31-39-35-57(50-46-39)15-19-68-27-23-64-2)11-7-6-8-43(44(60)54-12-9-42(10-13-54)71-72(5,61)62)55(32-40-36-58(51-47-40)16-20-69-28-24-65-3)33-41-37-59(52-48-41)17-21-70-29-25-66-4/h34-37,42-43H,6-33H2,1-5H3,(H,61,62). The van der Waals surface area contributed by atoms with Crippen LogP contribution in [0, 0.1) is 0 Å². The lowest BCUT2D eigenvalue weighted by atomic mass is 10.0. The van der Waals surface area contributed by atoms with E-state index in [0.717, 1.165) is 17.8 Å². The van der Waals surface area contributed by atoms with Crippen LogP contribution in [-0.2, 0) is 104 Å². The number of carbonyl (C=O) groups excluding carboxylic acids is 1. The van der Waals surface area contributed by atoms with Crippen molar-refractivity contribution in [2.45, 2.75) is 96.6 Å². The molecule has 28 heteroatoms. The first-order valence-corrected chi connectivity index (χ1v) is 26.6. The largest absolute Gasteiger partial charge is 0.382 e. The molecule has 0 aliphatic carbocycles. The van der Waals surface area contributed by atoms with Gasteiger partial charge in [-0.05, 0) is 32.2 Å². The summed E-state index contributed by atoms with van der Waals surface area (Å²) in [5.41, 5.74) is 2.94. The summed E-state index contributed by atoms with van der Waals surface area (Å²) >= 11 is 0. The summed E-state index contributed by atoms with van der Waals surface area (Å²) < 4.78 is 67.6. The van der Waals surface area contributed by atoms with Crippen LogP contribution in [0.5, 0.6) is 0 Å². The van der Waals surface area contributed by atoms with Crippen LogP contribution >= 0.6 is 7.60 Å². The molecule has 4 aromatic rings. The van der Waals surface area contributed by atoms with Crippen LogP contribution in [0.1, 0.15) is 54.9 Å². The average Bonchev–Trinajstić information content (AvgIpc) is 4.20. The minimum absolute atomic E-state index is 0.0579. The van der Waals surface area contributed by atoms with Gasteiger partial charge in [0.15, 0.2) is 0 Å². The van der Waals surface area contributed by atoms with Crippen molar-refractivity contribution < 1.29 is 56.7 Å². The average molecular weight is 1040 g/mol. The van der Waals surface area contributed by atoms with Crippen LogP contribution in [0.25, 0.3) is 0 Å². The van der Waals surface area contributed by atoms with E-state index in [1.165, 1.54) is 6.66 Å². The van der Waals surface area contributed by atoms with Gasteiger partial charge in [-0.2, -0.15) is 0 Å². The van der Waals surface area contributed by atoms with Crippen LogP contribution in [-0.4, -0.2) is 232 Å². The SMILES string of the molecule is COCCOCCn1cc(CN(CCCCC(C(=O)N2CCC(OP(C)(=O)O)CC2)N(Cc2cn(CCOCCOC)nn2)Cc2cn(CCOCCOC)nn2)Cc2cn(CCOCCOC)nn2)nn1. The highest BCUT2D eigenvalue weighted by Crippen LogP contribution is 2.40. The summed E-state index contributed by atoms with van der Waals surface area (Å²) in [6.45, 7) is 12.0. The lowest BCUT2D eigenvalue weighted by Gasteiger charge is -2.37. The molecule has 2 unspecified atom stereocenters. The first kappa shape index (κ1) is 58.7. The van der Waals surface area contributed by atoms with Gasteiger partial charge in [-0.15, -0.1) is 20.4 Å². The number of unbranched alkanes of at least 4 members (excludes halogenated alkanes) is 1. The fourth-order valence-corrected chi connectivity index (χ4v) is 8.62. The molecule has 1 saturated heterocycles. The fraction of sp³-hybridized carbons (Fsp3) is 0.795. The molecule has 0 aromatic carbocycles. The second kappa shape index (κ2) is 33.6. The number of likely N-dealkylation sites (tertiary alicyclic amines) is 1. The summed E-state index contributed by atoms with van der Waals surface area (Å²) in [6.07, 6.45) is 9.96. The second-order valence-electron chi connectivity index (χ2n) is 17.4. The molecule has 5 heterocycles. The lowest BCUT2D eigenvalue weighted by Crippen LogP contribution is -2.51. The number of hydrogen-bond acceptors (Lipinski definition) is 21. The van der Waals surface area contributed by atoms with E-state index in [1.807, 2.05) is 29.7 Å². The van der Waals surface area contributed by atoms with Crippen molar-refractivity contribution in [2.75, 3.05) is 134 Å². The Labute approximate surface area is 422 Å². The highest BCUT2D eigenvalue weighted by atomic mass is 31.2. The van der Waals surface area contributed by atoms with Crippen LogP contribution in [0.2, 0.25) is 0 Å². The molecule has 2 atom stereocenters. The number of nitrogens with zero attached hydrogens (tertiary/aromatic N) is 15. The maximum atomic E-state index is 15.0. The summed E-state index contributed by atoms with van der Waals surface area (Å²) in [7, 11) is 2.83. The van der Waals surface area contributed by atoms with E-state index in [-0.39, 0.29) is 5.91 Å². The van der Waals surface area contributed by atoms with Crippen LogP contribution in [0.3, 0.4) is 0 Å². The Morgan fingerprint density at radius 3 is 1.33 bits per heavy atom. The number of aromatic nitrogens is 12. The zero-order valence-electron chi connectivity index (χ0n) is 42.9. The number of methoxy groups -OCH3 is 4. The summed E-state index contributed by atoms with van der Waals surface area (Å²) in [6, 6.07) is -0.604. The van der Waals surface area contributed by atoms with Gasteiger partial charge in [0, 0.05) is 99.2 Å². The molecule has 5 rings (SSSR count). The molecule has 1 N–H and O–H groups in total. The Balaban J connectivity index is 1.34. The molecule has 1 fully saturated rings. The van der Waals surface area contributed by atoms with Crippen molar-refractivity contribution in [3.8, 4) is 0 Å². The van der Waals surface area contributed by atoms with Gasteiger partial charge >= 0.3 is 7.60 Å². The van der Waals surface area contributed by atoms with Crippen molar-refractivity contribution in [2.24, 2.45) is 0 Å². The molecule has 0 radical (unpaired) electrons. The van der Waals surface area contributed by atoms with Gasteiger partial charge in [-0.1, -0.05) is 27.3 Å². The third-order valence-electron chi connectivity index (χ3n) is 11.5. The summed E-state index contributed by atoms with van der Waals surface area (Å²) in [4.78, 5) is 31.1. The van der Waals surface area contributed by atoms with Gasteiger partial charge in [-0.25, -0.2) is 18.7 Å². The van der Waals surface area contributed by atoms with Crippen molar-refractivity contribution >= 4 is 13.5 Å². The van der Waals surface area contributed by atoms with E-state index in [0.29, 0.717) is 188 Å². The zero-order valence-corrected chi connectivity index (χ0v) is 43.8. The number of carbonyl (C=O) groups is 1. The van der Waals surface area contributed by atoms with Gasteiger partial charge in [0.2, 0.25) is 5.91 Å². The molecular weight excluding hydrogens is 962 g/mol. The Morgan fingerprint density at radius 1 is 0.597 bits per heavy atom. The topological polar surface area (TPSA) is 270 Å². The number of rotatable bonds is 41. The van der Waals surface area contributed by atoms with Crippen molar-refractivity contribution in [3.63, 3.8) is 0 Å². The highest BCUT2D eigenvalue weighted by molar-refractivity contribution is 7.51.